The lowest BCUT2D eigenvalue weighted by molar-refractivity contribution is -0.142. The number of nitrogens with one attached hydrogen (secondary N) is 1. The van der Waals surface area contributed by atoms with Crippen LogP contribution in [0.4, 0.5) is 5.95 Å². The molecule has 0 saturated carbocycles. The smallest absolute Gasteiger partial charge is 0.311 e. The van der Waals surface area contributed by atoms with Crippen LogP contribution >= 0.6 is 0 Å². The molecule has 18 heavy (non-hydrogen) atoms. The molecule has 2 atom stereocenters. The Kier molecular flexibility index (Phi) is 3.15. The van der Waals surface area contributed by atoms with E-state index in [9.17, 15) is 9.59 Å². The van der Waals surface area contributed by atoms with Crippen molar-refractivity contribution in [1.29, 1.82) is 0 Å². The van der Waals surface area contributed by atoms with E-state index in [1.807, 2.05) is 0 Å². The van der Waals surface area contributed by atoms with Crippen LogP contribution in [0.25, 0.3) is 0 Å². The molecular weight excluding hydrogens is 242 g/mol. The van der Waals surface area contributed by atoms with Gasteiger partial charge in [-0.25, -0.2) is 0 Å². The van der Waals surface area contributed by atoms with Gasteiger partial charge in [0.05, 0.1) is 19.3 Å². The molecule has 1 aliphatic rings. The van der Waals surface area contributed by atoms with Crippen LogP contribution in [-0.4, -0.2) is 63.4 Å². The minimum absolute atomic E-state index is 0.0222. The van der Waals surface area contributed by atoms with Gasteiger partial charge in [-0.15, -0.1) is 5.10 Å². The van der Waals surface area contributed by atoms with Crippen molar-refractivity contribution in [2.24, 2.45) is 5.92 Å². The summed E-state index contributed by atoms with van der Waals surface area (Å²) in [6.07, 6.45) is 0. The maximum atomic E-state index is 12.0. The van der Waals surface area contributed by atoms with Gasteiger partial charge in [0.25, 0.3) is 5.91 Å². The monoisotopic (exact) mass is 255 g/mol. The Bertz CT molecular complexity index is 473. The van der Waals surface area contributed by atoms with E-state index in [0.29, 0.717) is 0 Å². The Labute approximate surface area is 102 Å². The first-order valence-corrected chi connectivity index (χ1v) is 5.26. The minimum atomic E-state index is -0.991. The average molecular weight is 255 g/mol. The molecule has 0 spiro atoms. The number of nitrogen functional groups attached to an aromatic ring is 1. The fourth-order valence-corrected chi connectivity index (χ4v) is 1.85. The molecule has 2 rings (SSSR count). The van der Waals surface area contributed by atoms with Gasteiger partial charge in [0, 0.05) is 7.05 Å². The lowest BCUT2D eigenvalue weighted by Crippen LogP contribution is -2.44. The highest BCUT2D eigenvalue weighted by Crippen LogP contribution is 2.20. The zero-order chi connectivity index (χ0) is 13.3. The molecule has 0 aliphatic carbocycles. The van der Waals surface area contributed by atoms with Gasteiger partial charge in [-0.3, -0.25) is 14.7 Å². The number of anilines is 1. The SMILES string of the molecule is CN(C(=O)c1nc(N)n[nH]1)C1COCC1C(=O)O. The summed E-state index contributed by atoms with van der Waals surface area (Å²) in [4.78, 5) is 28.0. The van der Waals surface area contributed by atoms with Crippen molar-refractivity contribution < 1.29 is 19.4 Å². The van der Waals surface area contributed by atoms with Gasteiger partial charge >= 0.3 is 5.97 Å². The third kappa shape index (κ3) is 2.12. The molecule has 0 aromatic carbocycles. The molecule has 1 aliphatic heterocycles. The zero-order valence-corrected chi connectivity index (χ0v) is 9.66. The molecule has 1 aromatic rings. The Morgan fingerprint density at radius 3 is 2.83 bits per heavy atom. The maximum Gasteiger partial charge on any atom is 0.311 e. The second kappa shape index (κ2) is 4.61. The number of carboxylic acid groups (broad SMARTS) is 1. The van der Waals surface area contributed by atoms with E-state index in [2.05, 4.69) is 15.2 Å². The molecule has 9 heteroatoms. The van der Waals surface area contributed by atoms with Crippen LogP contribution < -0.4 is 5.73 Å². The molecule has 1 fully saturated rings. The van der Waals surface area contributed by atoms with Crippen molar-refractivity contribution >= 4 is 17.8 Å². The van der Waals surface area contributed by atoms with Gasteiger partial charge in [0.2, 0.25) is 11.8 Å². The number of carboxylic acids is 1. The number of ether oxygens (including phenoxy) is 1. The van der Waals surface area contributed by atoms with Crippen LogP contribution in [0.1, 0.15) is 10.6 Å². The number of amides is 1. The van der Waals surface area contributed by atoms with Crippen LogP contribution in [0.5, 0.6) is 0 Å². The van der Waals surface area contributed by atoms with Crippen LogP contribution in [-0.2, 0) is 9.53 Å². The fraction of sp³-hybridized carbons (Fsp3) is 0.556. The molecule has 9 nitrogen and oxygen atoms in total. The third-order valence-electron chi connectivity index (χ3n) is 2.89. The van der Waals surface area contributed by atoms with E-state index in [-0.39, 0.29) is 25.0 Å². The third-order valence-corrected chi connectivity index (χ3v) is 2.89. The highest BCUT2D eigenvalue weighted by Gasteiger charge is 2.39. The van der Waals surface area contributed by atoms with Crippen LogP contribution in [0.15, 0.2) is 0 Å². The highest BCUT2D eigenvalue weighted by atomic mass is 16.5. The predicted molar refractivity (Wildman–Crippen MR) is 58.6 cm³/mol. The first-order valence-electron chi connectivity index (χ1n) is 5.26. The summed E-state index contributed by atoms with van der Waals surface area (Å²) in [5, 5.41) is 15.0. The minimum Gasteiger partial charge on any atom is -0.481 e. The Morgan fingerprint density at radius 2 is 2.28 bits per heavy atom. The summed E-state index contributed by atoms with van der Waals surface area (Å²) >= 11 is 0. The Hall–Kier alpha value is -2.16. The van der Waals surface area contributed by atoms with E-state index in [1.165, 1.54) is 11.9 Å². The van der Waals surface area contributed by atoms with E-state index in [0.717, 1.165) is 0 Å². The second-order valence-corrected chi connectivity index (χ2v) is 4.01. The number of nitrogens with two attached hydrogens (primary N) is 1. The van der Waals surface area contributed by atoms with E-state index in [1.54, 1.807) is 0 Å². The van der Waals surface area contributed by atoms with E-state index < -0.39 is 23.8 Å². The first-order chi connectivity index (χ1) is 8.50. The maximum absolute atomic E-state index is 12.0. The van der Waals surface area contributed by atoms with Gasteiger partial charge in [0.1, 0.15) is 5.92 Å². The quantitative estimate of drug-likeness (QED) is 0.601. The molecular formula is C9H13N5O4. The van der Waals surface area contributed by atoms with Crippen LogP contribution in [0, 0.1) is 5.92 Å². The second-order valence-electron chi connectivity index (χ2n) is 4.01. The highest BCUT2D eigenvalue weighted by molar-refractivity contribution is 5.91. The molecule has 4 N–H and O–H groups in total. The molecule has 2 unspecified atom stereocenters. The summed E-state index contributed by atoms with van der Waals surface area (Å²) in [6.45, 7) is 0.277. The molecule has 98 valence electrons. The van der Waals surface area contributed by atoms with Gasteiger partial charge < -0.3 is 20.5 Å². The molecule has 2 heterocycles. The number of aromatic nitrogens is 3. The van der Waals surface area contributed by atoms with Crippen molar-refractivity contribution in [3.63, 3.8) is 0 Å². The topological polar surface area (TPSA) is 134 Å². The summed E-state index contributed by atoms with van der Waals surface area (Å²) in [7, 11) is 1.50. The summed E-state index contributed by atoms with van der Waals surface area (Å²) in [5.41, 5.74) is 5.30. The number of hydrogen-bond donors (Lipinski definition) is 3. The number of aromatic amines is 1. The summed E-state index contributed by atoms with van der Waals surface area (Å²) in [5.74, 6) is -2.26. The summed E-state index contributed by atoms with van der Waals surface area (Å²) < 4.78 is 5.10. The van der Waals surface area contributed by atoms with Crippen molar-refractivity contribution in [2.75, 3.05) is 26.0 Å². The summed E-state index contributed by atoms with van der Waals surface area (Å²) in [6, 6.07) is -0.527. The predicted octanol–water partition coefficient (Wildman–Crippen LogP) is -1.44. The number of likely N-dealkylation sites (N-methyl/N-ethyl adjacent to an activating group) is 1. The van der Waals surface area contributed by atoms with Gasteiger partial charge in [-0.1, -0.05) is 0 Å². The van der Waals surface area contributed by atoms with Crippen molar-refractivity contribution in [3.8, 4) is 0 Å². The largest absolute Gasteiger partial charge is 0.481 e. The van der Waals surface area contributed by atoms with Gasteiger partial charge in [0.15, 0.2) is 0 Å². The van der Waals surface area contributed by atoms with Crippen LogP contribution in [0.2, 0.25) is 0 Å². The van der Waals surface area contributed by atoms with Crippen LogP contribution in [0.3, 0.4) is 0 Å². The Balaban J connectivity index is 2.13. The Morgan fingerprint density at radius 1 is 1.56 bits per heavy atom. The van der Waals surface area contributed by atoms with E-state index >= 15 is 0 Å². The lowest BCUT2D eigenvalue weighted by atomic mass is 10.0. The fourth-order valence-electron chi connectivity index (χ4n) is 1.85. The number of carbonyl (C=O) groups excluding carboxylic acids is 1. The van der Waals surface area contributed by atoms with Crippen molar-refractivity contribution in [3.05, 3.63) is 5.82 Å². The number of rotatable bonds is 3. The van der Waals surface area contributed by atoms with Crippen molar-refractivity contribution in [1.82, 2.24) is 20.1 Å². The van der Waals surface area contributed by atoms with Crippen molar-refractivity contribution in [2.45, 2.75) is 6.04 Å². The lowest BCUT2D eigenvalue weighted by Gasteiger charge is -2.25. The number of aliphatic carboxylic acids is 1. The zero-order valence-electron chi connectivity index (χ0n) is 9.66. The number of carbonyl (C=O) groups is 2. The molecule has 0 radical (unpaired) electrons. The standard InChI is InChI=1S/C9H13N5O4/c1-14(5-3-18-2-4(5)8(16)17)7(15)6-11-9(10)13-12-6/h4-5H,2-3H2,1H3,(H,16,17)(H3,10,11,12,13). The van der Waals surface area contributed by atoms with Gasteiger partial charge in [-0.05, 0) is 0 Å². The van der Waals surface area contributed by atoms with Gasteiger partial charge in [-0.2, -0.15) is 4.98 Å². The molecule has 1 aromatic heterocycles. The average Bonchev–Trinajstić information content (AvgIpc) is 2.95. The molecule has 1 amide bonds. The first kappa shape index (κ1) is 12.3. The van der Waals surface area contributed by atoms with E-state index in [4.69, 9.17) is 15.6 Å². The normalized spacial score (nSPS) is 22.9. The number of nitrogens with zero attached hydrogens (tertiary/aromatic N) is 3. The number of H-pyrrole nitrogens is 1. The molecule has 1 saturated heterocycles. The number of hydrogen-bond acceptors (Lipinski definition) is 6. The molecule has 0 bridgehead atoms.